The van der Waals surface area contributed by atoms with Gasteiger partial charge >= 0.3 is 5.97 Å². The molecule has 1 N–H and O–H groups in total. The van der Waals surface area contributed by atoms with E-state index in [4.69, 9.17) is 23.9 Å². The van der Waals surface area contributed by atoms with Gasteiger partial charge in [0, 0.05) is 35.9 Å². The molecule has 3 heterocycles. The summed E-state index contributed by atoms with van der Waals surface area (Å²) in [4.78, 5) is 64.2. The molecule has 2 saturated carbocycles. The summed E-state index contributed by atoms with van der Waals surface area (Å²) in [5, 5.41) is 0.674. The molecule has 3 fully saturated rings. The smallest absolute Gasteiger partial charge is 0.307 e. The van der Waals surface area contributed by atoms with Crippen LogP contribution in [-0.2, 0) is 33.9 Å². The van der Waals surface area contributed by atoms with E-state index < -0.39 is 80.0 Å². The van der Waals surface area contributed by atoms with Crippen LogP contribution in [0.1, 0.15) is 106 Å². The number of carbonyl (C=O) groups is 4. The number of hydrogen-bond donors (Lipinski definition) is 1. The number of sulfonamides is 1. The highest BCUT2D eigenvalue weighted by atomic mass is 32.2. The summed E-state index contributed by atoms with van der Waals surface area (Å²) in [6.07, 6.45) is 5.11. The molecule has 65 heavy (non-hydrogen) atoms. The van der Waals surface area contributed by atoms with Crippen molar-refractivity contribution in [2.24, 2.45) is 29.1 Å². The maximum absolute atomic E-state index is 15.2. The van der Waals surface area contributed by atoms with E-state index in [-0.39, 0.29) is 63.0 Å². The second-order valence-corrected chi connectivity index (χ2v) is 22.2. The van der Waals surface area contributed by atoms with Crippen molar-refractivity contribution in [3.05, 3.63) is 60.7 Å². The van der Waals surface area contributed by atoms with Crippen molar-refractivity contribution < 1.29 is 50.9 Å². The van der Waals surface area contributed by atoms with Crippen molar-refractivity contribution in [2.45, 2.75) is 135 Å². The topological polar surface area (TPSA) is 168 Å². The first kappa shape index (κ1) is 47.9. The van der Waals surface area contributed by atoms with E-state index >= 15 is 4.79 Å². The van der Waals surface area contributed by atoms with Crippen molar-refractivity contribution >= 4 is 44.5 Å². The number of nitrogens with zero attached hydrogens (tertiary/aromatic N) is 2. The molecule has 0 bridgehead atoms. The second-order valence-electron chi connectivity index (χ2n) is 20.1. The van der Waals surface area contributed by atoms with Crippen LogP contribution in [0.2, 0.25) is 0 Å². The average molecular weight is 918 g/mol. The molecule has 15 heteroatoms. The fourth-order valence-corrected chi connectivity index (χ4v) is 11.0. The molecule has 4 aliphatic rings. The summed E-state index contributed by atoms with van der Waals surface area (Å²) in [5.41, 5.74) is -0.211. The Morgan fingerprint density at radius 2 is 1.72 bits per heavy atom. The summed E-state index contributed by atoms with van der Waals surface area (Å²) in [5.74, 6) is -1.82. The third kappa shape index (κ3) is 10.7. The maximum Gasteiger partial charge on any atom is 0.307 e. The van der Waals surface area contributed by atoms with Gasteiger partial charge < -0.3 is 23.8 Å². The molecule has 1 unspecified atom stereocenters. The molecule has 7 atom stereocenters. The van der Waals surface area contributed by atoms with Crippen LogP contribution in [0.5, 0.6) is 17.2 Å². The molecule has 2 aliphatic carbocycles. The van der Waals surface area contributed by atoms with Gasteiger partial charge in [0.1, 0.15) is 40.4 Å². The van der Waals surface area contributed by atoms with E-state index in [2.05, 4.69) is 11.6 Å². The Bertz CT molecular complexity index is 2430. The summed E-state index contributed by atoms with van der Waals surface area (Å²) in [6, 6.07) is 13.8. The first-order valence-corrected chi connectivity index (χ1v) is 24.4. The van der Waals surface area contributed by atoms with Gasteiger partial charge in [-0.2, -0.15) is 0 Å². The molecular weight excluding hydrogens is 854 g/mol. The van der Waals surface area contributed by atoms with E-state index in [0.717, 1.165) is 12.0 Å². The monoisotopic (exact) mass is 917 g/mol. The predicted octanol–water partition coefficient (Wildman–Crippen LogP) is 8.32. The number of allylic oxidation sites excluding steroid dienone is 2. The van der Waals surface area contributed by atoms with Crippen LogP contribution in [0, 0.1) is 29.1 Å². The zero-order valence-electron chi connectivity index (χ0n) is 38.9. The molecule has 7 rings (SSSR count). The number of hydrogen-bond acceptors (Lipinski definition) is 11. The Balaban J connectivity index is 1.26. The highest BCUT2D eigenvalue weighted by Crippen LogP contribution is 2.58. The van der Waals surface area contributed by atoms with Crippen molar-refractivity contribution in [3.8, 4) is 28.5 Å². The lowest BCUT2D eigenvalue weighted by Gasteiger charge is -2.32. The Labute approximate surface area is 382 Å². The van der Waals surface area contributed by atoms with Crippen LogP contribution in [0.3, 0.4) is 0 Å². The fraction of sp³-hybridized carbons (Fsp3) is 0.580. The number of ether oxygens (including phenoxy) is 4. The van der Waals surface area contributed by atoms with Crippen LogP contribution in [0.15, 0.2) is 60.7 Å². The number of ketones is 1. The molecule has 1 saturated heterocycles. The molecule has 3 aromatic rings. The van der Waals surface area contributed by atoms with Crippen molar-refractivity contribution in [1.82, 2.24) is 14.6 Å². The van der Waals surface area contributed by atoms with Crippen LogP contribution in [0.4, 0.5) is 4.39 Å². The Kier molecular flexibility index (Phi) is 13.8. The highest BCUT2D eigenvalue weighted by molar-refractivity contribution is 7.91. The number of nitrogens with one attached hydrogen (secondary N) is 1. The zero-order chi connectivity index (χ0) is 47.1. The fourth-order valence-electron chi connectivity index (χ4n) is 9.51. The van der Waals surface area contributed by atoms with Gasteiger partial charge in [0.05, 0.1) is 54.8 Å². The van der Waals surface area contributed by atoms with E-state index in [9.17, 15) is 27.2 Å². The molecule has 0 spiro atoms. The van der Waals surface area contributed by atoms with Gasteiger partial charge in [0.25, 0.3) is 0 Å². The third-order valence-electron chi connectivity index (χ3n) is 13.4. The maximum atomic E-state index is 15.2. The van der Waals surface area contributed by atoms with E-state index in [1.165, 1.54) is 4.90 Å². The number of alkyl halides is 1. The Morgan fingerprint density at radius 3 is 2.37 bits per heavy atom. The van der Waals surface area contributed by atoms with Gasteiger partial charge in [-0.3, -0.25) is 23.9 Å². The van der Waals surface area contributed by atoms with Crippen LogP contribution < -0.4 is 18.9 Å². The molecule has 352 valence electrons. The summed E-state index contributed by atoms with van der Waals surface area (Å²) < 4.78 is 65.3. The van der Waals surface area contributed by atoms with Gasteiger partial charge in [-0.15, -0.1) is 0 Å². The number of benzene rings is 2. The number of methoxy groups -OCH3 is 1. The SMILES string of the molecule is COc1ccc2c(O[C@@H]3C[C@H]4C(=O)C[C@]5(C(=O)NS(=O)(=O)C6(CF)CC6)C[C@H]5/C=C\CCC(C)C[C@@H](C)[C@H](CC(=O)OC(C)(C)C)C(=O)N4C3)cc(-c3ccc(OC(C)C)cc3)nc2c1. The highest BCUT2D eigenvalue weighted by Gasteiger charge is 2.63. The van der Waals surface area contributed by atoms with Gasteiger partial charge in [0.2, 0.25) is 21.8 Å². The minimum absolute atomic E-state index is 0.00508. The third-order valence-corrected chi connectivity index (χ3v) is 15.5. The minimum atomic E-state index is -4.37. The summed E-state index contributed by atoms with van der Waals surface area (Å²) in [6.45, 7) is 12.1. The number of pyridine rings is 1. The lowest BCUT2D eigenvalue weighted by atomic mass is 9.82. The number of rotatable bonds is 12. The van der Waals surface area contributed by atoms with Crippen molar-refractivity contribution in [2.75, 3.05) is 20.3 Å². The second kappa shape index (κ2) is 18.7. The van der Waals surface area contributed by atoms with Gasteiger partial charge in [-0.05, 0) is 127 Å². The molecule has 2 aliphatic heterocycles. The number of fused-ring (bicyclic) bond motifs is 3. The Hall–Kier alpha value is -5.05. The lowest BCUT2D eigenvalue weighted by molar-refractivity contribution is -0.160. The lowest BCUT2D eigenvalue weighted by Crippen LogP contribution is -2.48. The normalized spacial score (nSPS) is 27.4. The number of esters is 1. The summed E-state index contributed by atoms with van der Waals surface area (Å²) >= 11 is 0. The van der Waals surface area contributed by atoms with E-state index in [1.54, 1.807) is 40.0 Å². The largest absolute Gasteiger partial charge is 0.497 e. The van der Waals surface area contributed by atoms with Crippen molar-refractivity contribution in [1.29, 1.82) is 0 Å². The van der Waals surface area contributed by atoms with Gasteiger partial charge in [0.15, 0.2) is 5.78 Å². The van der Waals surface area contributed by atoms with Crippen LogP contribution in [0.25, 0.3) is 22.2 Å². The van der Waals surface area contributed by atoms with Gasteiger partial charge in [-0.1, -0.05) is 26.0 Å². The molecule has 0 radical (unpaired) electrons. The first-order chi connectivity index (χ1) is 30.7. The summed E-state index contributed by atoms with van der Waals surface area (Å²) in [7, 11) is -2.80. The number of carbonyl (C=O) groups excluding carboxylic acids is 4. The molecule has 13 nitrogen and oxygen atoms in total. The molecular formula is C50H64FN3O10S. The number of amides is 2. The minimum Gasteiger partial charge on any atom is -0.497 e. The number of Topliss-reactive ketones (excluding diaryl/α,β-unsaturated/α-hetero) is 1. The van der Waals surface area contributed by atoms with Crippen LogP contribution >= 0.6 is 0 Å². The zero-order valence-corrected chi connectivity index (χ0v) is 39.7. The first-order valence-electron chi connectivity index (χ1n) is 22.9. The quantitative estimate of drug-likeness (QED) is 0.137. The van der Waals surface area contributed by atoms with E-state index in [0.29, 0.717) is 46.7 Å². The van der Waals surface area contributed by atoms with Crippen molar-refractivity contribution in [3.63, 3.8) is 0 Å². The molecule has 2 amide bonds. The number of aromatic nitrogens is 1. The van der Waals surface area contributed by atoms with E-state index in [1.807, 2.05) is 69.3 Å². The average Bonchev–Trinajstić information content (AvgIpc) is 4.14. The Morgan fingerprint density at radius 1 is 1.02 bits per heavy atom. The molecule has 2 aromatic carbocycles. The molecule has 1 aromatic heterocycles. The number of halogens is 1. The standard InChI is InChI=1S/C50H64FN3O10S/c1-30(2)62-35-15-13-33(14-16-35)40-25-44(38-18-17-36(61-8)22-41(38)52-40)63-37-23-42-43(55)27-50(47(58)53-65(59,60)49(29-51)19-20-49)26-34(50)12-10-9-11-31(3)21-32(4)39(46(57)54(42)28-37)24-45(56)64-48(5,6)7/h10,12-18,22,25,30-32,34,37,39,42H,9,11,19-21,23-24,26-29H2,1-8H3,(H,53,58)/b12-10-/t31?,32-,34-,37-,39+,42+,50-/m1/s1. The van der Waals surface area contributed by atoms with Crippen LogP contribution in [-0.4, -0.2) is 90.8 Å². The predicted molar refractivity (Wildman–Crippen MR) is 244 cm³/mol. The van der Waals surface area contributed by atoms with Gasteiger partial charge in [-0.25, -0.2) is 17.8 Å².